The topological polar surface area (TPSA) is 94.5 Å². The Hall–Kier alpha value is -3.42. The number of benzene rings is 3. The highest BCUT2D eigenvalue weighted by atomic mass is 32.2. The summed E-state index contributed by atoms with van der Waals surface area (Å²) in [5.41, 5.74) is 2.55. The second kappa shape index (κ2) is 8.94. The van der Waals surface area contributed by atoms with Gasteiger partial charge >= 0.3 is 5.89 Å². The van der Waals surface area contributed by atoms with Gasteiger partial charge in [0.25, 0.3) is 0 Å². The second-order valence-corrected chi connectivity index (χ2v) is 7.97. The van der Waals surface area contributed by atoms with Gasteiger partial charge in [-0.3, -0.25) is 0 Å². The van der Waals surface area contributed by atoms with Gasteiger partial charge in [-0.15, -0.1) is 0 Å². The van der Waals surface area contributed by atoms with E-state index in [0.717, 1.165) is 28.8 Å². The van der Waals surface area contributed by atoms with Gasteiger partial charge in [0, 0.05) is 5.56 Å². The maximum absolute atomic E-state index is 10.5. The van der Waals surface area contributed by atoms with Gasteiger partial charge in [0.05, 0.1) is 10.5 Å². The maximum Gasteiger partial charge on any atom is 0.380 e. The molecule has 0 aliphatic rings. The third kappa shape index (κ3) is 4.94. The Kier molecular flexibility index (Phi) is 6.34. The van der Waals surface area contributed by atoms with E-state index in [0.29, 0.717) is 5.56 Å². The normalized spacial score (nSPS) is 10.9. The van der Waals surface area contributed by atoms with Crippen LogP contribution in [0.25, 0.3) is 22.8 Å². The fourth-order valence-corrected chi connectivity index (χ4v) is 3.49. The van der Waals surface area contributed by atoms with Crippen LogP contribution in [-0.2, 0) is 17.2 Å². The quantitative estimate of drug-likeness (QED) is 0.396. The Morgan fingerprint density at radius 2 is 1.43 bits per heavy atom. The van der Waals surface area contributed by atoms with E-state index in [2.05, 4.69) is 0 Å². The fraction of sp³-hybridized carbons (Fsp3) is 0.0870. The molecule has 30 heavy (non-hydrogen) atoms. The molecule has 0 bridgehead atoms. The number of hydrogen-bond donors (Lipinski definition) is 1. The Morgan fingerprint density at radius 3 is 1.97 bits per heavy atom. The summed E-state index contributed by atoms with van der Waals surface area (Å²) in [7, 11) is -2.56. The molecule has 1 heterocycles. The van der Waals surface area contributed by atoms with Crippen LogP contribution in [0.3, 0.4) is 0 Å². The lowest BCUT2D eigenvalue weighted by atomic mass is 10.2. The van der Waals surface area contributed by atoms with Crippen molar-refractivity contribution in [3.05, 3.63) is 90.6 Å². The van der Waals surface area contributed by atoms with E-state index in [9.17, 15) is 13.0 Å². The largest absolute Gasteiger partial charge is 0.744 e. The minimum absolute atomic E-state index is 0.368. The van der Waals surface area contributed by atoms with E-state index < -0.39 is 20.8 Å². The van der Waals surface area contributed by atoms with E-state index >= 15 is 0 Å². The first-order valence-electron chi connectivity index (χ1n) is 9.12. The molecule has 0 spiro atoms. The first-order valence-corrected chi connectivity index (χ1v) is 10.5. The summed E-state index contributed by atoms with van der Waals surface area (Å²) < 4.78 is 39.4. The van der Waals surface area contributed by atoms with Gasteiger partial charge in [0.1, 0.15) is 22.9 Å². The van der Waals surface area contributed by atoms with Gasteiger partial charge in [-0.25, -0.2) is 8.42 Å². The highest BCUT2D eigenvalue weighted by molar-refractivity contribution is 7.85. The van der Waals surface area contributed by atoms with Crippen molar-refractivity contribution in [1.29, 1.82) is 0 Å². The molecule has 3 aromatic carbocycles. The first-order chi connectivity index (χ1) is 14.3. The summed E-state index contributed by atoms with van der Waals surface area (Å²) in [5.74, 6) is 1.29. The van der Waals surface area contributed by atoms with Crippen molar-refractivity contribution < 1.29 is 27.1 Å². The summed E-state index contributed by atoms with van der Waals surface area (Å²) in [6.07, 6.45) is 2.01. The zero-order chi connectivity index (χ0) is 21.7. The lowest BCUT2D eigenvalue weighted by molar-refractivity contribution is -0.662. The molecule has 4 aromatic rings. The zero-order valence-electron chi connectivity index (χ0n) is 16.5. The number of phenols is 1. The van der Waals surface area contributed by atoms with E-state index in [4.69, 9.17) is 9.52 Å². The third-order valence-electron chi connectivity index (χ3n) is 4.39. The first kappa shape index (κ1) is 21.3. The fourth-order valence-electron chi connectivity index (χ4n) is 2.85. The molecule has 4 rings (SSSR count). The number of aromatic hydroxyl groups is 1. The number of hydrogen-bond acceptors (Lipinski definition) is 5. The van der Waals surface area contributed by atoms with Crippen LogP contribution < -0.4 is 4.57 Å². The lowest BCUT2D eigenvalue weighted by Gasteiger charge is -2.09. The Balaban J connectivity index is 0.000000187. The zero-order valence-corrected chi connectivity index (χ0v) is 17.3. The summed E-state index contributed by atoms with van der Waals surface area (Å²) in [5, 5.41) is 9.15. The molecule has 0 saturated heterocycles. The lowest BCUT2D eigenvalue weighted by Crippen LogP contribution is -2.26. The molecule has 1 N–H and O–H groups in total. The van der Waals surface area contributed by atoms with Gasteiger partial charge < -0.3 is 14.1 Å². The van der Waals surface area contributed by atoms with E-state index in [1.54, 1.807) is 0 Å². The van der Waals surface area contributed by atoms with Crippen molar-refractivity contribution in [2.75, 3.05) is 0 Å². The molecular formula is C23H21NO5S. The van der Waals surface area contributed by atoms with E-state index in [-0.39, 0.29) is 0 Å². The van der Waals surface area contributed by atoms with Crippen LogP contribution in [-0.4, -0.2) is 18.1 Å². The van der Waals surface area contributed by atoms with Crippen molar-refractivity contribution in [2.45, 2.75) is 11.8 Å². The van der Waals surface area contributed by atoms with Crippen molar-refractivity contribution in [1.82, 2.24) is 0 Å². The van der Waals surface area contributed by atoms with E-state index in [1.807, 2.05) is 78.5 Å². The van der Waals surface area contributed by atoms with Crippen LogP contribution in [0.4, 0.5) is 0 Å². The van der Waals surface area contributed by atoms with Crippen LogP contribution >= 0.6 is 0 Å². The Morgan fingerprint density at radius 1 is 0.867 bits per heavy atom. The van der Waals surface area contributed by atoms with Crippen LogP contribution in [0.15, 0.2) is 94.4 Å². The van der Waals surface area contributed by atoms with Crippen molar-refractivity contribution >= 4 is 10.1 Å². The number of phenolic OH excluding ortho intramolecular Hbond substituents is 1. The summed E-state index contributed by atoms with van der Waals surface area (Å²) in [6, 6.07) is 24.3. The SMILES string of the molecule is C[n+]1cc(-c2ccccc2)oc1-c1ccccc1.Cc1cccc(S(=O)(=O)[O-])c1O. The summed E-state index contributed by atoms with van der Waals surface area (Å²) in [4.78, 5) is -0.567. The second-order valence-electron chi connectivity index (χ2n) is 6.62. The number of rotatable bonds is 3. The monoisotopic (exact) mass is 423 g/mol. The molecule has 6 nitrogen and oxygen atoms in total. The molecule has 0 amide bonds. The number of nitrogens with zero attached hydrogens (tertiary/aromatic N) is 1. The van der Waals surface area contributed by atoms with Gasteiger partial charge in [-0.05, 0) is 30.7 Å². The number of aryl methyl sites for hydroxylation is 2. The predicted octanol–water partition coefficient (Wildman–Crippen LogP) is 4.04. The van der Waals surface area contributed by atoms with Gasteiger partial charge in [0.15, 0.2) is 0 Å². The molecule has 1 aromatic heterocycles. The molecule has 0 aliphatic carbocycles. The van der Waals surface area contributed by atoms with Crippen molar-refractivity contribution in [3.8, 4) is 28.5 Å². The number of oxazole rings is 1. The molecule has 0 radical (unpaired) electrons. The summed E-state index contributed by atoms with van der Waals surface area (Å²) in [6.45, 7) is 1.52. The highest BCUT2D eigenvalue weighted by Gasteiger charge is 2.18. The van der Waals surface area contributed by atoms with Crippen LogP contribution in [0.1, 0.15) is 5.56 Å². The number of para-hydroxylation sites is 1. The molecular weight excluding hydrogens is 402 g/mol. The highest BCUT2D eigenvalue weighted by Crippen LogP contribution is 2.25. The maximum atomic E-state index is 10.5. The van der Waals surface area contributed by atoms with Crippen LogP contribution in [0, 0.1) is 6.92 Å². The minimum atomic E-state index is -4.56. The Labute approximate surface area is 175 Å². The van der Waals surface area contributed by atoms with Crippen LogP contribution in [0.2, 0.25) is 0 Å². The molecule has 0 atom stereocenters. The smallest absolute Gasteiger partial charge is 0.380 e. The van der Waals surface area contributed by atoms with Crippen molar-refractivity contribution in [3.63, 3.8) is 0 Å². The van der Waals surface area contributed by atoms with Gasteiger partial charge in [0.2, 0.25) is 12.0 Å². The van der Waals surface area contributed by atoms with E-state index in [1.165, 1.54) is 19.1 Å². The van der Waals surface area contributed by atoms with Gasteiger partial charge in [-0.1, -0.05) is 60.7 Å². The third-order valence-corrected chi connectivity index (χ3v) is 5.26. The molecule has 0 unspecified atom stereocenters. The standard InChI is InChI=1S/C16H14NO.C7H8O4S/c1-17-12-15(13-8-4-2-5-9-13)18-16(17)14-10-6-3-7-11-14;1-5-3-2-4-6(7(5)8)12(9,10)11/h2-12H,1H3;2-4,8H,1H3,(H,9,10,11)/q+1;/p-1. The average molecular weight is 423 g/mol. The van der Waals surface area contributed by atoms with Crippen LogP contribution in [0.5, 0.6) is 5.75 Å². The predicted molar refractivity (Wildman–Crippen MR) is 112 cm³/mol. The Bertz CT molecular complexity index is 1230. The average Bonchev–Trinajstić information content (AvgIpc) is 3.13. The number of aromatic nitrogens is 1. The van der Waals surface area contributed by atoms with Gasteiger partial charge in [-0.2, -0.15) is 4.57 Å². The molecule has 0 saturated carbocycles. The van der Waals surface area contributed by atoms with Crippen molar-refractivity contribution in [2.24, 2.45) is 7.05 Å². The molecule has 0 aliphatic heterocycles. The molecule has 7 heteroatoms. The minimum Gasteiger partial charge on any atom is -0.744 e. The molecule has 0 fully saturated rings. The molecule has 154 valence electrons. The summed E-state index contributed by atoms with van der Waals surface area (Å²) >= 11 is 0.